The van der Waals surface area contributed by atoms with E-state index in [2.05, 4.69) is 21.8 Å². The van der Waals surface area contributed by atoms with Crippen LogP contribution in [0.1, 0.15) is 32.1 Å². The molecule has 3 nitrogen and oxygen atoms in total. The number of anilines is 1. The molecule has 0 atom stereocenters. The second-order valence-electron chi connectivity index (χ2n) is 4.05. The summed E-state index contributed by atoms with van der Waals surface area (Å²) in [5.74, 6) is 0. The molecule has 0 saturated heterocycles. The van der Waals surface area contributed by atoms with Gasteiger partial charge in [0.25, 0.3) is 0 Å². The van der Waals surface area contributed by atoms with Crippen molar-refractivity contribution in [2.24, 2.45) is 0 Å². The van der Waals surface area contributed by atoms with E-state index in [4.69, 9.17) is 0 Å². The molecule has 5 heteroatoms. The van der Waals surface area contributed by atoms with Crippen molar-refractivity contribution in [3.05, 3.63) is 5.51 Å². The molecule has 1 saturated carbocycles. The molecule has 1 N–H and O–H groups in total. The van der Waals surface area contributed by atoms with E-state index in [1.807, 2.05) is 11.8 Å². The van der Waals surface area contributed by atoms with Crippen LogP contribution >= 0.6 is 23.1 Å². The molecule has 0 spiro atoms. The third-order valence-electron chi connectivity index (χ3n) is 3.12. The van der Waals surface area contributed by atoms with E-state index in [0.29, 0.717) is 4.75 Å². The lowest BCUT2D eigenvalue weighted by Crippen LogP contribution is -2.35. The van der Waals surface area contributed by atoms with Gasteiger partial charge in [0.1, 0.15) is 5.51 Å². The van der Waals surface area contributed by atoms with Crippen LogP contribution in [0.25, 0.3) is 0 Å². The summed E-state index contributed by atoms with van der Waals surface area (Å²) in [4.78, 5) is 0. The Hall–Kier alpha value is -0.290. The van der Waals surface area contributed by atoms with Gasteiger partial charge in [0.05, 0.1) is 0 Å². The van der Waals surface area contributed by atoms with Crippen molar-refractivity contribution < 1.29 is 0 Å². The third-order valence-corrected chi connectivity index (χ3v) is 5.19. The number of hydrogen-bond donors (Lipinski definition) is 1. The van der Waals surface area contributed by atoms with E-state index in [9.17, 15) is 0 Å². The van der Waals surface area contributed by atoms with Gasteiger partial charge in [-0.1, -0.05) is 30.6 Å². The molecule has 1 aromatic heterocycles. The first-order valence-electron chi connectivity index (χ1n) is 5.40. The van der Waals surface area contributed by atoms with Gasteiger partial charge < -0.3 is 5.32 Å². The maximum atomic E-state index is 4.01. The number of nitrogens with zero attached hydrogens (tertiary/aromatic N) is 2. The largest absolute Gasteiger partial charge is 0.359 e. The first kappa shape index (κ1) is 11.2. The van der Waals surface area contributed by atoms with Crippen molar-refractivity contribution in [1.29, 1.82) is 0 Å². The normalized spacial score (nSPS) is 20.1. The van der Waals surface area contributed by atoms with Crippen LogP contribution in [0.3, 0.4) is 0 Å². The molecule has 1 fully saturated rings. The standard InChI is InChI=1S/C10H17N3S2/c1-14-10(5-3-2-4-6-10)7-11-9-13-12-8-15-9/h8H,2-7H2,1H3,(H,11,13). The van der Waals surface area contributed by atoms with Crippen molar-refractivity contribution in [1.82, 2.24) is 10.2 Å². The fraction of sp³-hybridized carbons (Fsp3) is 0.800. The molecule has 1 heterocycles. The average Bonchev–Trinajstić information content (AvgIpc) is 2.81. The molecule has 1 aliphatic rings. The fourth-order valence-corrected chi connectivity index (χ4v) is 3.49. The van der Waals surface area contributed by atoms with Gasteiger partial charge in [0.15, 0.2) is 0 Å². The van der Waals surface area contributed by atoms with E-state index in [-0.39, 0.29) is 0 Å². The first-order valence-corrected chi connectivity index (χ1v) is 7.50. The number of aromatic nitrogens is 2. The van der Waals surface area contributed by atoms with Gasteiger partial charge in [-0.3, -0.25) is 0 Å². The predicted molar refractivity (Wildman–Crippen MR) is 67.7 cm³/mol. The number of hydrogen-bond acceptors (Lipinski definition) is 5. The Kier molecular flexibility index (Phi) is 3.86. The summed E-state index contributed by atoms with van der Waals surface area (Å²) in [6, 6.07) is 0. The summed E-state index contributed by atoms with van der Waals surface area (Å²) in [6.45, 7) is 1.03. The van der Waals surface area contributed by atoms with Gasteiger partial charge in [-0.25, -0.2) is 0 Å². The zero-order valence-corrected chi connectivity index (χ0v) is 10.7. The number of rotatable bonds is 4. The van der Waals surface area contributed by atoms with Crippen LogP contribution in [-0.4, -0.2) is 27.7 Å². The van der Waals surface area contributed by atoms with E-state index >= 15 is 0 Å². The Labute approximate surface area is 99.1 Å². The molecule has 0 bridgehead atoms. The van der Waals surface area contributed by atoms with Crippen LogP contribution in [0.2, 0.25) is 0 Å². The zero-order valence-electron chi connectivity index (χ0n) is 9.03. The third kappa shape index (κ3) is 2.84. The average molecular weight is 243 g/mol. The van der Waals surface area contributed by atoms with E-state index in [1.54, 1.807) is 16.8 Å². The zero-order chi connectivity index (χ0) is 10.6. The van der Waals surface area contributed by atoms with Crippen LogP contribution in [-0.2, 0) is 0 Å². The maximum absolute atomic E-state index is 4.01. The topological polar surface area (TPSA) is 37.8 Å². The number of thioether (sulfide) groups is 1. The molecule has 15 heavy (non-hydrogen) atoms. The van der Waals surface area contributed by atoms with Gasteiger partial charge in [-0.05, 0) is 19.1 Å². The summed E-state index contributed by atoms with van der Waals surface area (Å²) >= 11 is 3.59. The van der Waals surface area contributed by atoms with Crippen molar-refractivity contribution in [2.75, 3.05) is 18.1 Å². The Morgan fingerprint density at radius 2 is 2.27 bits per heavy atom. The van der Waals surface area contributed by atoms with E-state index in [1.165, 1.54) is 32.1 Å². The minimum absolute atomic E-state index is 0.434. The van der Waals surface area contributed by atoms with Crippen LogP contribution < -0.4 is 5.32 Å². The lowest BCUT2D eigenvalue weighted by atomic mass is 9.88. The van der Waals surface area contributed by atoms with Crippen molar-refractivity contribution >= 4 is 28.2 Å². The van der Waals surface area contributed by atoms with Gasteiger partial charge >= 0.3 is 0 Å². The van der Waals surface area contributed by atoms with Gasteiger partial charge in [-0.2, -0.15) is 11.8 Å². The van der Waals surface area contributed by atoms with E-state index < -0.39 is 0 Å². The summed E-state index contributed by atoms with van der Waals surface area (Å²) < 4.78 is 0.434. The van der Waals surface area contributed by atoms with Crippen LogP contribution in [0.4, 0.5) is 5.13 Å². The Morgan fingerprint density at radius 1 is 1.47 bits per heavy atom. The Balaban J connectivity index is 1.89. The van der Waals surface area contributed by atoms with Crippen molar-refractivity contribution in [3.8, 4) is 0 Å². The molecule has 0 amide bonds. The molecule has 0 radical (unpaired) electrons. The molecular weight excluding hydrogens is 226 g/mol. The SMILES string of the molecule is CSC1(CNc2nncs2)CCCCC1. The molecule has 2 rings (SSSR count). The molecular formula is C10H17N3S2. The number of nitrogens with one attached hydrogen (secondary N) is 1. The van der Waals surface area contributed by atoms with Crippen LogP contribution in [0.5, 0.6) is 0 Å². The summed E-state index contributed by atoms with van der Waals surface area (Å²) in [7, 11) is 0. The summed E-state index contributed by atoms with van der Waals surface area (Å²) in [6.07, 6.45) is 9.05. The maximum Gasteiger partial charge on any atom is 0.205 e. The molecule has 0 unspecified atom stereocenters. The van der Waals surface area contributed by atoms with Crippen LogP contribution in [0, 0.1) is 0 Å². The summed E-state index contributed by atoms with van der Waals surface area (Å²) in [5, 5.41) is 12.2. The monoisotopic (exact) mass is 243 g/mol. The minimum Gasteiger partial charge on any atom is -0.359 e. The van der Waals surface area contributed by atoms with Gasteiger partial charge in [0.2, 0.25) is 5.13 Å². The summed E-state index contributed by atoms with van der Waals surface area (Å²) in [5.41, 5.74) is 1.77. The lowest BCUT2D eigenvalue weighted by molar-refractivity contribution is 0.411. The second kappa shape index (κ2) is 5.16. The molecule has 1 aliphatic carbocycles. The predicted octanol–water partition coefficient (Wildman–Crippen LogP) is 3.02. The second-order valence-corrected chi connectivity index (χ2v) is 6.15. The molecule has 84 valence electrons. The smallest absolute Gasteiger partial charge is 0.205 e. The highest BCUT2D eigenvalue weighted by atomic mass is 32.2. The van der Waals surface area contributed by atoms with E-state index in [0.717, 1.165) is 11.7 Å². The quantitative estimate of drug-likeness (QED) is 0.882. The van der Waals surface area contributed by atoms with Gasteiger partial charge in [-0.15, -0.1) is 10.2 Å². The van der Waals surface area contributed by atoms with Crippen molar-refractivity contribution in [2.45, 2.75) is 36.9 Å². The lowest BCUT2D eigenvalue weighted by Gasteiger charge is -2.35. The molecule has 0 aromatic carbocycles. The Morgan fingerprint density at radius 3 is 2.87 bits per heavy atom. The van der Waals surface area contributed by atoms with Gasteiger partial charge in [0, 0.05) is 11.3 Å². The highest BCUT2D eigenvalue weighted by Crippen LogP contribution is 2.38. The first-order chi connectivity index (χ1) is 7.35. The van der Waals surface area contributed by atoms with Crippen molar-refractivity contribution in [3.63, 3.8) is 0 Å². The fourth-order valence-electron chi connectivity index (χ4n) is 2.14. The highest BCUT2D eigenvalue weighted by Gasteiger charge is 2.30. The Bertz CT molecular complexity index is 281. The molecule has 0 aliphatic heterocycles. The molecule has 1 aromatic rings. The van der Waals surface area contributed by atoms with Crippen LogP contribution in [0.15, 0.2) is 5.51 Å². The minimum atomic E-state index is 0.434. The highest BCUT2D eigenvalue weighted by molar-refractivity contribution is 8.00.